The highest BCUT2D eigenvalue weighted by atomic mass is 32.2. The molecule has 0 N–H and O–H groups in total. The van der Waals surface area contributed by atoms with E-state index >= 15 is 0 Å². The molecule has 90 valence electrons. The Labute approximate surface area is 103 Å². The molecule has 0 aliphatic carbocycles. The Morgan fingerprint density at radius 3 is 2.56 bits per heavy atom. The van der Waals surface area contributed by atoms with E-state index in [-0.39, 0.29) is 5.41 Å². The maximum Gasteiger partial charge on any atom is 0.0798 e. The highest BCUT2D eigenvalue weighted by Gasteiger charge is 2.50. The van der Waals surface area contributed by atoms with Crippen LogP contribution in [0, 0.1) is 5.41 Å². The summed E-state index contributed by atoms with van der Waals surface area (Å²) < 4.78 is 6.59. The smallest absolute Gasteiger partial charge is 0.0798 e. The van der Waals surface area contributed by atoms with Gasteiger partial charge in [0.25, 0.3) is 0 Å². The molecule has 2 bridgehead atoms. The minimum atomic E-state index is 0.279. The van der Waals surface area contributed by atoms with Crippen LogP contribution in [0.4, 0.5) is 0 Å². The minimum Gasteiger partial charge on any atom is -0.370 e. The van der Waals surface area contributed by atoms with Gasteiger partial charge in [-0.25, -0.2) is 0 Å². The van der Waals surface area contributed by atoms with Gasteiger partial charge in [0.05, 0.1) is 12.2 Å². The van der Waals surface area contributed by atoms with Crippen LogP contribution in [0.2, 0.25) is 0 Å². The van der Waals surface area contributed by atoms with Crippen LogP contribution in [0.1, 0.15) is 47.0 Å². The molecule has 0 amide bonds. The Balaban J connectivity index is 2.06. The Kier molecular flexibility index (Phi) is 2.29. The summed E-state index contributed by atoms with van der Waals surface area (Å²) in [4.78, 5) is 0. The molecule has 2 heteroatoms. The maximum absolute atomic E-state index is 6.12. The van der Waals surface area contributed by atoms with Crippen LogP contribution >= 0.6 is 11.8 Å². The SMILES string of the molecule is CC(C)(C)C1=C(C2(C)CS2)CC2CCC1O2. The van der Waals surface area contributed by atoms with E-state index in [0.29, 0.717) is 17.0 Å². The molecule has 0 aromatic rings. The molecule has 3 atom stereocenters. The summed E-state index contributed by atoms with van der Waals surface area (Å²) in [7, 11) is 0. The topological polar surface area (TPSA) is 9.23 Å². The van der Waals surface area contributed by atoms with Crippen molar-refractivity contribution >= 4 is 11.8 Å². The van der Waals surface area contributed by atoms with Gasteiger partial charge in [-0.1, -0.05) is 20.8 Å². The van der Waals surface area contributed by atoms with Crippen molar-refractivity contribution in [1.29, 1.82) is 0 Å². The third kappa shape index (κ3) is 1.65. The molecule has 0 spiro atoms. The Morgan fingerprint density at radius 2 is 2.00 bits per heavy atom. The van der Waals surface area contributed by atoms with Crippen molar-refractivity contribution in [3.05, 3.63) is 11.1 Å². The van der Waals surface area contributed by atoms with E-state index in [1.807, 2.05) is 0 Å². The molecule has 2 saturated heterocycles. The summed E-state index contributed by atoms with van der Waals surface area (Å²) in [5.41, 5.74) is 3.65. The van der Waals surface area contributed by atoms with Gasteiger partial charge in [0, 0.05) is 10.5 Å². The number of hydrogen-bond acceptors (Lipinski definition) is 2. The lowest BCUT2D eigenvalue weighted by Gasteiger charge is -2.37. The summed E-state index contributed by atoms with van der Waals surface area (Å²) in [6.45, 7) is 9.46. The number of ether oxygens (including phenoxy) is 1. The molecule has 16 heavy (non-hydrogen) atoms. The zero-order chi connectivity index (χ0) is 11.6. The minimum absolute atomic E-state index is 0.279. The van der Waals surface area contributed by atoms with Crippen molar-refractivity contribution in [2.75, 3.05) is 5.75 Å². The fourth-order valence-corrected chi connectivity index (χ4v) is 4.08. The third-order valence-corrected chi connectivity index (χ3v) is 5.61. The average Bonchev–Trinajstić information content (AvgIpc) is 2.82. The second kappa shape index (κ2) is 3.29. The summed E-state index contributed by atoms with van der Waals surface area (Å²) >= 11 is 2.12. The van der Waals surface area contributed by atoms with Crippen molar-refractivity contribution in [1.82, 2.24) is 0 Å². The van der Waals surface area contributed by atoms with Crippen molar-refractivity contribution < 1.29 is 4.74 Å². The number of hydrogen-bond donors (Lipinski definition) is 0. The molecule has 3 aliphatic rings. The van der Waals surface area contributed by atoms with E-state index in [4.69, 9.17) is 4.74 Å². The highest BCUT2D eigenvalue weighted by Crippen LogP contribution is 2.57. The fraction of sp³-hybridized carbons (Fsp3) is 0.857. The van der Waals surface area contributed by atoms with Crippen LogP contribution in [0.25, 0.3) is 0 Å². The van der Waals surface area contributed by atoms with Gasteiger partial charge in [-0.3, -0.25) is 0 Å². The van der Waals surface area contributed by atoms with E-state index < -0.39 is 0 Å². The monoisotopic (exact) mass is 238 g/mol. The van der Waals surface area contributed by atoms with Crippen LogP contribution in [0.5, 0.6) is 0 Å². The first-order valence-corrected chi connectivity index (χ1v) is 7.42. The maximum atomic E-state index is 6.12. The number of fused-ring (bicyclic) bond motifs is 2. The molecule has 2 fully saturated rings. The standard InChI is InChI=1S/C14H22OS/c1-13(2,3)12-10(14(4)8-16-14)7-9-5-6-11(12)15-9/h9,11H,5-8H2,1-4H3. The Hall–Kier alpha value is 0.0500. The third-order valence-electron chi connectivity index (χ3n) is 4.21. The molecule has 3 unspecified atom stereocenters. The molecule has 0 aromatic heterocycles. The average molecular weight is 238 g/mol. The van der Waals surface area contributed by atoms with Crippen LogP contribution < -0.4 is 0 Å². The zero-order valence-corrected chi connectivity index (χ0v) is 11.6. The van der Waals surface area contributed by atoms with Gasteiger partial charge in [-0.15, -0.1) is 11.8 Å². The second-order valence-corrected chi connectivity index (χ2v) is 8.17. The van der Waals surface area contributed by atoms with E-state index in [1.54, 1.807) is 11.1 Å². The van der Waals surface area contributed by atoms with E-state index in [2.05, 4.69) is 39.5 Å². The molecular weight excluding hydrogens is 216 g/mol. The van der Waals surface area contributed by atoms with Crippen LogP contribution in [-0.4, -0.2) is 22.7 Å². The largest absolute Gasteiger partial charge is 0.370 e. The molecule has 1 nitrogen and oxygen atoms in total. The normalized spacial score (nSPS) is 42.8. The van der Waals surface area contributed by atoms with E-state index in [0.717, 1.165) is 0 Å². The summed E-state index contributed by atoms with van der Waals surface area (Å²) in [6.07, 6.45) is 4.69. The predicted molar refractivity (Wildman–Crippen MR) is 69.9 cm³/mol. The van der Waals surface area contributed by atoms with Crippen molar-refractivity contribution in [3.63, 3.8) is 0 Å². The van der Waals surface area contributed by atoms with Crippen LogP contribution in [0.3, 0.4) is 0 Å². The van der Waals surface area contributed by atoms with E-state index in [1.165, 1.54) is 25.0 Å². The van der Waals surface area contributed by atoms with Crippen molar-refractivity contribution in [2.45, 2.75) is 63.9 Å². The first kappa shape index (κ1) is 11.2. The number of thioether (sulfide) groups is 1. The molecular formula is C14H22OS. The molecule has 0 aromatic carbocycles. The molecule has 3 heterocycles. The van der Waals surface area contributed by atoms with E-state index in [9.17, 15) is 0 Å². The van der Waals surface area contributed by atoms with Crippen LogP contribution in [-0.2, 0) is 4.74 Å². The Bertz CT molecular complexity index is 346. The Morgan fingerprint density at radius 1 is 1.31 bits per heavy atom. The lowest BCUT2D eigenvalue weighted by Crippen LogP contribution is -2.33. The first-order valence-electron chi connectivity index (χ1n) is 6.43. The summed E-state index contributed by atoms with van der Waals surface area (Å²) in [6, 6.07) is 0. The molecule has 3 aliphatic heterocycles. The van der Waals surface area contributed by atoms with Gasteiger partial charge in [0.1, 0.15) is 0 Å². The first-order chi connectivity index (χ1) is 7.40. The van der Waals surface area contributed by atoms with Gasteiger partial charge in [0.15, 0.2) is 0 Å². The summed E-state index contributed by atoms with van der Waals surface area (Å²) in [5, 5.41) is 0. The van der Waals surface area contributed by atoms with Gasteiger partial charge in [0.2, 0.25) is 0 Å². The predicted octanol–water partition coefficient (Wildman–Crippen LogP) is 3.79. The van der Waals surface area contributed by atoms with Gasteiger partial charge < -0.3 is 4.74 Å². The molecule has 3 rings (SSSR count). The van der Waals surface area contributed by atoms with Gasteiger partial charge in [-0.05, 0) is 42.7 Å². The lowest BCUT2D eigenvalue weighted by molar-refractivity contribution is 0.0400. The second-order valence-electron chi connectivity index (χ2n) is 6.69. The van der Waals surface area contributed by atoms with Crippen LogP contribution in [0.15, 0.2) is 11.1 Å². The zero-order valence-electron chi connectivity index (χ0n) is 10.8. The number of rotatable bonds is 1. The highest BCUT2D eigenvalue weighted by molar-refractivity contribution is 8.08. The van der Waals surface area contributed by atoms with Gasteiger partial charge >= 0.3 is 0 Å². The quantitative estimate of drug-likeness (QED) is 0.508. The molecule has 0 radical (unpaired) electrons. The fourth-order valence-electron chi connectivity index (χ4n) is 3.32. The lowest BCUT2D eigenvalue weighted by atomic mass is 9.76. The molecule has 0 saturated carbocycles. The van der Waals surface area contributed by atoms with Crippen molar-refractivity contribution in [2.24, 2.45) is 5.41 Å². The van der Waals surface area contributed by atoms with Crippen molar-refractivity contribution in [3.8, 4) is 0 Å². The summed E-state index contributed by atoms with van der Waals surface area (Å²) in [5.74, 6) is 1.32. The van der Waals surface area contributed by atoms with Gasteiger partial charge in [-0.2, -0.15) is 0 Å².